The summed E-state index contributed by atoms with van der Waals surface area (Å²) >= 11 is 5.87. The van der Waals surface area contributed by atoms with Crippen molar-refractivity contribution in [3.05, 3.63) is 41.0 Å². The third kappa shape index (κ3) is 5.70. The van der Waals surface area contributed by atoms with Gasteiger partial charge in [0.25, 0.3) is 5.91 Å². The van der Waals surface area contributed by atoms with E-state index in [0.717, 1.165) is 0 Å². The van der Waals surface area contributed by atoms with Crippen LogP contribution in [0.3, 0.4) is 0 Å². The Morgan fingerprint density at radius 1 is 1.28 bits per heavy atom. The zero-order chi connectivity index (χ0) is 23.5. The molecule has 1 aromatic carbocycles. The second-order valence-electron chi connectivity index (χ2n) is 7.51. The van der Waals surface area contributed by atoms with E-state index in [0.29, 0.717) is 17.1 Å². The molecular weight excluding hydrogens is 449 g/mol. The highest BCUT2D eigenvalue weighted by atomic mass is 35.5. The number of benzene rings is 1. The number of nitrogens with one attached hydrogen (secondary N) is 2. The zero-order valence-electron chi connectivity index (χ0n) is 16.7. The summed E-state index contributed by atoms with van der Waals surface area (Å²) in [7, 11) is 0. The zero-order valence-corrected chi connectivity index (χ0v) is 17.5. The Morgan fingerprint density at radius 2 is 1.97 bits per heavy atom. The van der Waals surface area contributed by atoms with Gasteiger partial charge in [0.1, 0.15) is 12.1 Å². The van der Waals surface area contributed by atoms with Crippen LogP contribution in [0.15, 0.2) is 30.5 Å². The molecule has 0 radical (unpaired) electrons. The molecule has 0 bridgehead atoms. The minimum Gasteiger partial charge on any atom is -0.365 e. The number of nitrogens with zero attached hydrogens (tertiary/aromatic N) is 3. The first-order chi connectivity index (χ1) is 15.1. The maximum Gasteiger partial charge on any atom is 0.405 e. The second kappa shape index (κ2) is 9.48. The molecule has 1 aromatic heterocycles. The lowest BCUT2D eigenvalue weighted by atomic mass is 9.78. The molecule has 0 saturated heterocycles. The van der Waals surface area contributed by atoms with Crippen LogP contribution in [0, 0.1) is 23.2 Å². The van der Waals surface area contributed by atoms with Gasteiger partial charge in [0.15, 0.2) is 5.82 Å². The van der Waals surface area contributed by atoms with Crippen LogP contribution in [0.5, 0.6) is 0 Å². The standard InChI is InChI=1S/C20H20ClF3N6O2/c21-13-2-4-14(5-3-13)28-18-15(17(26)31)9-30(29-18)16-6-1-11(7-12(16)8-25)19(32)27-10-20(22,23)24/h2-5,9,11-12,16H,1,6-7,10H2,(H2,26,31)(H,27,32)(H,28,29). The average molecular weight is 469 g/mol. The molecule has 1 fully saturated rings. The van der Waals surface area contributed by atoms with Crippen molar-refractivity contribution in [2.75, 3.05) is 11.9 Å². The molecule has 12 heteroatoms. The SMILES string of the molecule is N#CC1CC(C(=O)NCC(F)(F)F)CCC1n1cc(C(N)=O)c(Nc2ccc(Cl)cc2)n1. The number of hydrogen-bond acceptors (Lipinski definition) is 5. The van der Waals surface area contributed by atoms with Crippen LogP contribution in [0.4, 0.5) is 24.7 Å². The van der Waals surface area contributed by atoms with E-state index in [2.05, 4.69) is 16.5 Å². The van der Waals surface area contributed by atoms with Gasteiger partial charge in [-0.1, -0.05) is 11.6 Å². The van der Waals surface area contributed by atoms with E-state index < -0.39 is 42.4 Å². The van der Waals surface area contributed by atoms with Crippen LogP contribution in [0.2, 0.25) is 5.02 Å². The molecule has 0 aliphatic heterocycles. The maximum absolute atomic E-state index is 12.4. The van der Waals surface area contributed by atoms with E-state index in [-0.39, 0.29) is 24.2 Å². The first-order valence-corrected chi connectivity index (χ1v) is 10.1. The Balaban J connectivity index is 1.76. The number of nitriles is 1. The Morgan fingerprint density at radius 3 is 2.56 bits per heavy atom. The summed E-state index contributed by atoms with van der Waals surface area (Å²) in [6, 6.07) is 8.33. The van der Waals surface area contributed by atoms with Gasteiger partial charge in [-0.2, -0.15) is 23.5 Å². The minimum absolute atomic E-state index is 0.0799. The van der Waals surface area contributed by atoms with Crippen LogP contribution < -0.4 is 16.4 Å². The Hall–Kier alpha value is -3.26. The predicted octanol–water partition coefficient (Wildman–Crippen LogP) is 3.54. The molecule has 2 aromatic rings. The van der Waals surface area contributed by atoms with E-state index in [1.165, 1.54) is 10.9 Å². The van der Waals surface area contributed by atoms with Crippen LogP contribution in [0.1, 0.15) is 35.7 Å². The molecular formula is C20H20ClF3N6O2. The number of hydrogen-bond donors (Lipinski definition) is 3. The number of anilines is 2. The summed E-state index contributed by atoms with van der Waals surface area (Å²) in [4.78, 5) is 24.0. The van der Waals surface area contributed by atoms with Crippen molar-refractivity contribution in [2.24, 2.45) is 17.6 Å². The monoisotopic (exact) mass is 468 g/mol. The first kappa shape index (κ1) is 23.4. The van der Waals surface area contributed by atoms with Gasteiger partial charge in [-0.25, -0.2) is 0 Å². The van der Waals surface area contributed by atoms with Crippen molar-refractivity contribution >= 4 is 34.9 Å². The highest BCUT2D eigenvalue weighted by Gasteiger charge is 2.37. The van der Waals surface area contributed by atoms with Gasteiger partial charge in [-0.3, -0.25) is 14.3 Å². The summed E-state index contributed by atoms with van der Waals surface area (Å²) in [6.07, 6.45) is -2.40. The quantitative estimate of drug-likeness (QED) is 0.597. The van der Waals surface area contributed by atoms with E-state index in [9.17, 15) is 28.0 Å². The van der Waals surface area contributed by atoms with E-state index in [1.807, 2.05) is 5.32 Å². The summed E-state index contributed by atoms with van der Waals surface area (Å²) in [5.41, 5.74) is 6.20. The fourth-order valence-corrected chi connectivity index (χ4v) is 3.81. The number of nitrogens with two attached hydrogens (primary N) is 1. The normalized spacial score (nSPS) is 20.9. The number of amides is 2. The molecule has 3 rings (SSSR count). The summed E-state index contributed by atoms with van der Waals surface area (Å²) in [5.74, 6) is -2.65. The second-order valence-corrected chi connectivity index (χ2v) is 7.95. The van der Waals surface area contributed by atoms with Crippen molar-refractivity contribution in [1.29, 1.82) is 5.26 Å². The molecule has 3 unspecified atom stereocenters. The number of primary amides is 1. The van der Waals surface area contributed by atoms with Crippen molar-refractivity contribution in [3.8, 4) is 6.07 Å². The number of rotatable bonds is 6. The Kier molecular flexibility index (Phi) is 6.93. The minimum atomic E-state index is -4.50. The van der Waals surface area contributed by atoms with E-state index in [4.69, 9.17) is 17.3 Å². The van der Waals surface area contributed by atoms with Crippen LogP contribution >= 0.6 is 11.6 Å². The third-order valence-corrected chi connectivity index (χ3v) is 5.51. The topological polar surface area (TPSA) is 126 Å². The molecule has 1 aliphatic carbocycles. The molecule has 2 amide bonds. The Labute approximate surface area is 186 Å². The molecule has 1 saturated carbocycles. The van der Waals surface area contributed by atoms with E-state index in [1.54, 1.807) is 24.3 Å². The predicted molar refractivity (Wildman–Crippen MR) is 110 cm³/mol. The molecule has 170 valence electrons. The van der Waals surface area contributed by atoms with Crippen molar-refractivity contribution in [2.45, 2.75) is 31.5 Å². The van der Waals surface area contributed by atoms with E-state index >= 15 is 0 Å². The Bertz CT molecular complexity index is 1030. The number of halogens is 4. The molecule has 1 aliphatic rings. The molecule has 1 heterocycles. The highest BCUT2D eigenvalue weighted by molar-refractivity contribution is 6.30. The fraction of sp³-hybridized carbons (Fsp3) is 0.400. The van der Waals surface area contributed by atoms with Gasteiger partial charge in [0.05, 0.1) is 18.0 Å². The maximum atomic E-state index is 12.4. The van der Waals surface area contributed by atoms with Gasteiger partial charge in [-0.15, -0.1) is 0 Å². The fourth-order valence-electron chi connectivity index (χ4n) is 3.68. The molecule has 0 spiro atoms. The summed E-state index contributed by atoms with van der Waals surface area (Å²) < 4.78 is 38.5. The third-order valence-electron chi connectivity index (χ3n) is 5.26. The van der Waals surface area contributed by atoms with Crippen molar-refractivity contribution in [1.82, 2.24) is 15.1 Å². The number of carbonyl (C=O) groups excluding carboxylic acids is 2. The van der Waals surface area contributed by atoms with Crippen LogP contribution in [-0.2, 0) is 4.79 Å². The first-order valence-electron chi connectivity index (χ1n) is 9.73. The average Bonchev–Trinajstić information content (AvgIpc) is 3.16. The van der Waals surface area contributed by atoms with Gasteiger partial charge in [0.2, 0.25) is 5.91 Å². The molecule has 3 atom stereocenters. The van der Waals surface area contributed by atoms with Crippen LogP contribution in [0.25, 0.3) is 0 Å². The van der Waals surface area contributed by atoms with Crippen molar-refractivity contribution < 1.29 is 22.8 Å². The smallest absolute Gasteiger partial charge is 0.365 e. The van der Waals surface area contributed by atoms with Gasteiger partial charge >= 0.3 is 6.18 Å². The van der Waals surface area contributed by atoms with Gasteiger partial charge in [-0.05, 0) is 43.5 Å². The lowest BCUT2D eigenvalue weighted by Crippen LogP contribution is -2.40. The molecule has 4 N–H and O–H groups in total. The lowest BCUT2D eigenvalue weighted by molar-refractivity contribution is -0.141. The number of carbonyl (C=O) groups is 2. The molecule has 32 heavy (non-hydrogen) atoms. The van der Waals surface area contributed by atoms with Gasteiger partial charge in [0, 0.05) is 22.8 Å². The van der Waals surface area contributed by atoms with Crippen molar-refractivity contribution in [3.63, 3.8) is 0 Å². The van der Waals surface area contributed by atoms with Gasteiger partial charge < -0.3 is 16.4 Å². The number of aromatic nitrogens is 2. The molecule has 8 nitrogen and oxygen atoms in total. The summed E-state index contributed by atoms with van der Waals surface area (Å²) in [5, 5.41) is 19.4. The summed E-state index contributed by atoms with van der Waals surface area (Å²) in [6.45, 7) is -1.41. The largest absolute Gasteiger partial charge is 0.405 e. The lowest BCUT2D eigenvalue weighted by Gasteiger charge is -2.32. The number of alkyl halides is 3. The highest BCUT2D eigenvalue weighted by Crippen LogP contribution is 2.38. The van der Waals surface area contributed by atoms with Crippen LogP contribution in [-0.4, -0.2) is 34.3 Å².